The van der Waals surface area contributed by atoms with Gasteiger partial charge in [-0.3, -0.25) is 10.1 Å². The van der Waals surface area contributed by atoms with Crippen LogP contribution in [0.4, 0.5) is 5.69 Å². The molecular formula is C40H39N3O7S. The molecule has 11 heteroatoms. The fourth-order valence-corrected chi connectivity index (χ4v) is 8.32. The van der Waals surface area contributed by atoms with Crippen LogP contribution in [0.2, 0.25) is 0 Å². The Labute approximate surface area is 297 Å². The highest BCUT2D eigenvalue weighted by Crippen LogP contribution is 2.39. The molecule has 0 saturated heterocycles. The third kappa shape index (κ3) is 8.33. The molecule has 51 heavy (non-hydrogen) atoms. The molecule has 10 nitrogen and oxygen atoms in total. The number of nitro groups is 1. The second-order valence-corrected chi connectivity index (χ2v) is 14.3. The molecule has 262 valence electrons. The van der Waals surface area contributed by atoms with E-state index in [2.05, 4.69) is 53.5 Å². The number of aromatic nitrogens is 1. The molecule has 0 radical (unpaired) electrons. The van der Waals surface area contributed by atoms with E-state index in [0.717, 1.165) is 24.0 Å². The fraction of sp³-hybridized carbons (Fsp3) is 0.250. The number of carbonyl (C=O) groups is 1. The highest BCUT2D eigenvalue weighted by Gasteiger charge is 2.38. The predicted octanol–water partition coefficient (Wildman–Crippen LogP) is 7.45. The summed E-state index contributed by atoms with van der Waals surface area (Å²) in [5.74, 6) is 0.0436. The zero-order valence-corrected chi connectivity index (χ0v) is 29.1. The van der Waals surface area contributed by atoms with Crippen LogP contribution in [0.3, 0.4) is 0 Å². The number of sulfonamides is 1. The summed E-state index contributed by atoms with van der Waals surface area (Å²) in [4.78, 5) is 27.6. The zero-order chi connectivity index (χ0) is 35.8. The molecule has 1 unspecified atom stereocenters. The van der Waals surface area contributed by atoms with Crippen LogP contribution in [-0.2, 0) is 47.1 Å². The first kappa shape index (κ1) is 35.4. The Morgan fingerprint density at radius 2 is 1.51 bits per heavy atom. The van der Waals surface area contributed by atoms with E-state index in [1.807, 2.05) is 30.3 Å². The van der Waals surface area contributed by atoms with Crippen molar-refractivity contribution in [1.29, 1.82) is 0 Å². The molecular weight excluding hydrogens is 667 g/mol. The lowest BCUT2D eigenvalue weighted by Crippen LogP contribution is -2.38. The van der Waals surface area contributed by atoms with E-state index in [0.29, 0.717) is 42.9 Å². The van der Waals surface area contributed by atoms with Crippen molar-refractivity contribution in [3.8, 4) is 5.75 Å². The highest BCUT2D eigenvalue weighted by atomic mass is 32.2. The van der Waals surface area contributed by atoms with Crippen molar-refractivity contribution < 1.29 is 27.6 Å². The molecule has 0 N–H and O–H groups in total. The third-order valence-corrected chi connectivity index (χ3v) is 11.1. The number of methoxy groups -OCH3 is 1. The first-order valence-electron chi connectivity index (χ1n) is 16.9. The number of hydrogen-bond acceptors (Lipinski definition) is 8. The van der Waals surface area contributed by atoms with Crippen molar-refractivity contribution in [3.63, 3.8) is 0 Å². The van der Waals surface area contributed by atoms with Crippen LogP contribution in [0, 0.1) is 10.1 Å². The van der Waals surface area contributed by atoms with Crippen molar-refractivity contribution in [2.24, 2.45) is 0 Å². The van der Waals surface area contributed by atoms with Crippen LogP contribution in [0.1, 0.15) is 62.9 Å². The smallest absolute Gasteiger partial charge is 0.356 e. The van der Waals surface area contributed by atoms with Crippen LogP contribution >= 0.6 is 0 Å². The molecule has 6 rings (SSSR count). The second kappa shape index (κ2) is 16.1. The minimum atomic E-state index is -4.38. The second-order valence-electron chi connectivity index (χ2n) is 12.4. The first-order valence-corrected chi connectivity index (χ1v) is 18.3. The van der Waals surface area contributed by atoms with E-state index in [1.54, 1.807) is 6.07 Å². The van der Waals surface area contributed by atoms with Gasteiger partial charge in [-0.25, -0.2) is 18.2 Å². The molecule has 1 aliphatic rings. The number of hydrogen-bond donors (Lipinski definition) is 0. The van der Waals surface area contributed by atoms with Crippen molar-refractivity contribution in [1.82, 2.24) is 9.29 Å². The standard InChI is InChI=1S/C40H39N3O7S/c1-49-40(44)35-25-24-33-34(41-35)13-9-15-36(33)42(51(47,48)39-17-8-6-14-37(39)43(45)46)27-26-32-12-5-7-16-38(32)50-28-31-22-20-30(21-23-31)19-18-29-10-3-2-4-11-29/h2-8,10-12,14,16-17,20-25,36H,9,13,15,18-19,26-28H2,1H3. The SMILES string of the molecule is COC(=O)c1ccc2c(n1)CCCC2N(CCc1ccccc1OCc1ccc(CCc2ccccc2)cc1)S(=O)(=O)c1ccccc1[N+](=O)[O-]. The summed E-state index contributed by atoms with van der Waals surface area (Å²) >= 11 is 0. The van der Waals surface area contributed by atoms with E-state index >= 15 is 0 Å². The molecule has 4 aromatic carbocycles. The van der Waals surface area contributed by atoms with Crippen molar-refractivity contribution in [2.45, 2.75) is 56.1 Å². The molecule has 0 fully saturated rings. The number of nitrogens with zero attached hydrogens (tertiary/aromatic N) is 3. The van der Waals surface area contributed by atoms with Gasteiger partial charge in [0.1, 0.15) is 18.1 Å². The molecule has 0 saturated carbocycles. The lowest BCUT2D eigenvalue weighted by Gasteiger charge is -2.34. The minimum absolute atomic E-state index is 0.0216. The van der Waals surface area contributed by atoms with E-state index in [9.17, 15) is 23.3 Å². The molecule has 0 aliphatic heterocycles. The Morgan fingerprint density at radius 3 is 2.25 bits per heavy atom. The fourth-order valence-electron chi connectivity index (χ4n) is 6.53. The Hall–Kier alpha value is -5.39. The summed E-state index contributed by atoms with van der Waals surface area (Å²) in [5, 5.41) is 12.0. The topological polar surface area (TPSA) is 129 Å². The molecule has 0 amide bonds. The number of esters is 1. The normalized spacial score (nSPS) is 14.1. The lowest BCUT2D eigenvalue weighted by molar-refractivity contribution is -0.387. The van der Waals surface area contributed by atoms with Gasteiger partial charge in [-0.1, -0.05) is 91.0 Å². The molecule has 0 spiro atoms. The van der Waals surface area contributed by atoms with E-state index in [1.165, 1.54) is 52.9 Å². The van der Waals surface area contributed by atoms with Crippen molar-refractivity contribution in [2.75, 3.05) is 13.7 Å². The minimum Gasteiger partial charge on any atom is -0.489 e. The number of benzene rings is 4. The van der Waals surface area contributed by atoms with E-state index in [4.69, 9.17) is 9.47 Å². The number of fused-ring (bicyclic) bond motifs is 1. The lowest BCUT2D eigenvalue weighted by atomic mass is 9.90. The summed E-state index contributed by atoms with van der Waals surface area (Å²) in [6.45, 7) is 0.353. The number of nitro benzene ring substituents is 1. The molecule has 1 aliphatic carbocycles. The van der Waals surface area contributed by atoms with Crippen molar-refractivity contribution in [3.05, 3.63) is 165 Å². The van der Waals surface area contributed by atoms with Crippen LogP contribution in [-0.4, -0.2) is 42.3 Å². The Balaban J connectivity index is 1.23. The third-order valence-electron chi connectivity index (χ3n) is 9.19. The number of pyridine rings is 1. The van der Waals surface area contributed by atoms with Gasteiger partial charge in [0.25, 0.3) is 5.69 Å². The Morgan fingerprint density at radius 1 is 0.843 bits per heavy atom. The Bertz CT molecular complexity index is 2100. The molecule has 1 atom stereocenters. The van der Waals surface area contributed by atoms with Crippen molar-refractivity contribution >= 4 is 21.7 Å². The number of aryl methyl sites for hydroxylation is 3. The van der Waals surface area contributed by atoms with Gasteiger partial charge >= 0.3 is 5.97 Å². The maximum absolute atomic E-state index is 14.5. The average Bonchev–Trinajstić information content (AvgIpc) is 3.17. The van der Waals surface area contributed by atoms with E-state index in [-0.39, 0.29) is 23.6 Å². The van der Waals surface area contributed by atoms with Gasteiger partial charge in [-0.15, -0.1) is 0 Å². The van der Waals surface area contributed by atoms with E-state index < -0.39 is 32.6 Å². The summed E-state index contributed by atoms with van der Waals surface area (Å²) in [5.41, 5.74) is 5.25. The van der Waals surface area contributed by atoms with Gasteiger partial charge in [0.05, 0.1) is 18.1 Å². The van der Waals surface area contributed by atoms with Crippen LogP contribution in [0.25, 0.3) is 0 Å². The highest BCUT2D eigenvalue weighted by molar-refractivity contribution is 7.89. The van der Waals surface area contributed by atoms with Gasteiger partial charge < -0.3 is 9.47 Å². The van der Waals surface area contributed by atoms with Crippen LogP contribution in [0.15, 0.2) is 120 Å². The van der Waals surface area contributed by atoms with Gasteiger partial charge in [-0.2, -0.15) is 4.31 Å². The quantitative estimate of drug-likeness (QED) is 0.0662. The number of para-hydroxylation sites is 2. The summed E-state index contributed by atoms with van der Waals surface area (Å²) in [6, 6.07) is 34.2. The number of ether oxygens (including phenoxy) is 2. The summed E-state index contributed by atoms with van der Waals surface area (Å²) in [6.07, 6.45) is 3.84. The van der Waals surface area contributed by atoms with Gasteiger partial charge in [0, 0.05) is 18.3 Å². The first-order chi connectivity index (χ1) is 24.7. The largest absolute Gasteiger partial charge is 0.489 e. The molecule has 5 aromatic rings. The molecule has 0 bridgehead atoms. The number of rotatable bonds is 14. The Kier molecular flexibility index (Phi) is 11.2. The molecule has 1 aromatic heterocycles. The van der Waals surface area contributed by atoms with Crippen LogP contribution in [0.5, 0.6) is 5.75 Å². The van der Waals surface area contributed by atoms with Gasteiger partial charge in [-0.05, 0) is 84.5 Å². The maximum atomic E-state index is 14.5. The average molecular weight is 706 g/mol. The van der Waals surface area contributed by atoms with Gasteiger partial charge in [0.15, 0.2) is 4.90 Å². The van der Waals surface area contributed by atoms with Crippen LogP contribution < -0.4 is 4.74 Å². The van der Waals surface area contributed by atoms with Gasteiger partial charge in [0.2, 0.25) is 10.0 Å². The summed E-state index contributed by atoms with van der Waals surface area (Å²) in [7, 11) is -3.11. The number of carbonyl (C=O) groups excluding carboxylic acids is 1. The molecule has 1 heterocycles. The monoisotopic (exact) mass is 705 g/mol. The summed E-state index contributed by atoms with van der Waals surface area (Å²) < 4.78 is 41.4. The maximum Gasteiger partial charge on any atom is 0.356 e. The zero-order valence-electron chi connectivity index (χ0n) is 28.3. The predicted molar refractivity (Wildman–Crippen MR) is 193 cm³/mol.